The smallest absolute Gasteiger partial charge is 0.172 e. The van der Waals surface area contributed by atoms with E-state index in [2.05, 4.69) is 37.6 Å². The van der Waals surface area contributed by atoms with Crippen LogP contribution in [0.2, 0.25) is 0 Å². The number of allylic oxidation sites excluding steroid dienone is 1. The summed E-state index contributed by atoms with van der Waals surface area (Å²) in [6.07, 6.45) is 1.04. The summed E-state index contributed by atoms with van der Waals surface area (Å²) in [5.74, 6) is -2.01. The fraction of sp³-hybridized carbons (Fsp3) is 0.238. The monoisotopic (exact) mass is 373 g/mol. The lowest BCUT2D eigenvalue weighted by Crippen LogP contribution is -2.07. The second-order valence-electron chi connectivity index (χ2n) is 7.52. The number of halogens is 3. The molecule has 6 heteroatoms. The van der Waals surface area contributed by atoms with Crippen molar-refractivity contribution in [3.8, 4) is 0 Å². The van der Waals surface area contributed by atoms with E-state index in [0.29, 0.717) is 11.6 Å². The van der Waals surface area contributed by atoms with Crippen molar-refractivity contribution < 1.29 is 13.2 Å². The molecule has 1 unspecified atom stereocenters. The van der Waals surface area contributed by atoms with Gasteiger partial charge in [0.1, 0.15) is 17.3 Å². The Morgan fingerprint density at radius 3 is 2.33 bits per heavy atom. The van der Waals surface area contributed by atoms with E-state index < -0.39 is 23.1 Å². The van der Waals surface area contributed by atoms with Gasteiger partial charge in [0.25, 0.3) is 0 Å². The highest BCUT2D eigenvalue weighted by atomic mass is 19.1. The molecule has 0 heterocycles. The van der Waals surface area contributed by atoms with Gasteiger partial charge in [0.2, 0.25) is 0 Å². The number of anilines is 3. The van der Waals surface area contributed by atoms with Gasteiger partial charge in [-0.15, -0.1) is 0 Å². The molecular weight excluding hydrogens is 351 g/mol. The van der Waals surface area contributed by atoms with Crippen LogP contribution in [0.1, 0.15) is 25.8 Å². The Morgan fingerprint density at radius 1 is 1.07 bits per heavy atom. The summed E-state index contributed by atoms with van der Waals surface area (Å²) in [5, 5.41) is 5.67. The summed E-state index contributed by atoms with van der Waals surface area (Å²) in [6, 6.07) is 6.52. The molecule has 0 saturated heterocycles. The Balaban J connectivity index is 1.81. The van der Waals surface area contributed by atoms with E-state index in [4.69, 9.17) is 5.73 Å². The number of nitrogen functional groups attached to an aromatic ring is 1. The van der Waals surface area contributed by atoms with Crippen LogP contribution in [0.25, 0.3) is 5.70 Å². The molecule has 3 rings (SSSR count). The van der Waals surface area contributed by atoms with Gasteiger partial charge in [0, 0.05) is 28.6 Å². The fourth-order valence-electron chi connectivity index (χ4n) is 3.07. The second kappa shape index (κ2) is 6.68. The average Bonchev–Trinajstić information content (AvgIpc) is 3.25. The van der Waals surface area contributed by atoms with E-state index in [9.17, 15) is 13.2 Å². The van der Waals surface area contributed by atoms with Crippen LogP contribution in [0.3, 0.4) is 0 Å². The molecule has 142 valence electrons. The molecule has 27 heavy (non-hydrogen) atoms. The molecule has 4 N–H and O–H groups in total. The van der Waals surface area contributed by atoms with Gasteiger partial charge >= 0.3 is 0 Å². The van der Waals surface area contributed by atoms with Crippen molar-refractivity contribution in [2.75, 3.05) is 16.4 Å². The minimum Gasteiger partial charge on any atom is -0.396 e. The molecule has 0 aromatic heterocycles. The van der Waals surface area contributed by atoms with Crippen LogP contribution in [0.5, 0.6) is 0 Å². The maximum absolute atomic E-state index is 14.3. The van der Waals surface area contributed by atoms with Crippen LogP contribution in [0.15, 0.2) is 49.2 Å². The van der Waals surface area contributed by atoms with Gasteiger partial charge < -0.3 is 16.4 Å². The third kappa shape index (κ3) is 3.79. The molecular formula is C21H22F3N3. The standard InChI is InChI=1S/C21H22F3N3/c1-11(27-20-17(23)7-8-18(25)19(20)24)14-9-13(5-6-16(14)22)26-12(2)15-10-21(15,3)4/h5-9,15,26-27H,1-2,10,25H2,3-4H3. The van der Waals surface area contributed by atoms with Crippen molar-refractivity contribution >= 4 is 22.8 Å². The normalized spacial score (nSPS) is 17.3. The minimum atomic E-state index is -0.949. The number of nitrogens with one attached hydrogen (secondary N) is 2. The van der Waals surface area contributed by atoms with E-state index in [-0.39, 0.29) is 22.4 Å². The van der Waals surface area contributed by atoms with Crippen LogP contribution in [0, 0.1) is 28.8 Å². The topological polar surface area (TPSA) is 50.1 Å². The van der Waals surface area contributed by atoms with Crippen LogP contribution in [0.4, 0.5) is 30.2 Å². The van der Waals surface area contributed by atoms with Gasteiger partial charge in [0.05, 0.1) is 5.69 Å². The lowest BCUT2D eigenvalue weighted by molar-refractivity contribution is 0.593. The van der Waals surface area contributed by atoms with Gasteiger partial charge in [-0.2, -0.15) is 0 Å². The largest absolute Gasteiger partial charge is 0.396 e. The highest BCUT2D eigenvalue weighted by molar-refractivity contribution is 5.79. The Bertz CT molecular complexity index is 935. The van der Waals surface area contributed by atoms with Crippen LogP contribution in [-0.4, -0.2) is 0 Å². The SMILES string of the molecule is C=C(Nc1c(F)ccc(N)c1F)c1cc(NC(=C)C2CC2(C)C)ccc1F. The summed E-state index contributed by atoms with van der Waals surface area (Å²) < 4.78 is 42.3. The summed E-state index contributed by atoms with van der Waals surface area (Å²) in [5.41, 5.74) is 6.56. The maximum atomic E-state index is 14.3. The van der Waals surface area contributed by atoms with Crippen molar-refractivity contribution in [2.45, 2.75) is 20.3 Å². The molecule has 0 amide bonds. The Hall–Kier alpha value is -2.89. The van der Waals surface area contributed by atoms with Crippen LogP contribution in [-0.2, 0) is 0 Å². The van der Waals surface area contributed by atoms with Gasteiger partial charge in [-0.1, -0.05) is 27.0 Å². The number of rotatable bonds is 6. The number of nitrogens with two attached hydrogens (primary N) is 1. The number of hydrogen-bond acceptors (Lipinski definition) is 3. The molecule has 0 aliphatic heterocycles. The van der Waals surface area contributed by atoms with Crippen molar-refractivity contribution in [3.05, 3.63) is 72.2 Å². The first kappa shape index (κ1) is 18.9. The Morgan fingerprint density at radius 2 is 1.70 bits per heavy atom. The van der Waals surface area contributed by atoms with Gasteiger partial charge in [-0.3, -0.25) is 0 Å². The zero-order chi connectivity index (χ0) is 19.9. The molecule has 1 atom stereocenters. The molecule has 2 aromatic carbocycles. The molecule has 1 fully saturated rings. The van der Waals surface area contributed by atoms with E-state index in [1.807, 2.05) is 0 Å². The van der Waals surface area contributed by atoms with E-state index >= 15 is 0 Å². The molecule has 1 aliphatic rings. The molecule has 0 bridgehead atoms. The third-order valence-corrected chi connectivity index (χ3v) is 4.93. The lowest BCUT2D eigenvalue weighted by Gasteiger charge is -2.16. The fourth-order valence-corrected chi connectivity index (χ4v) is 3.07. The molecule has 3 nitrogen and oxygen atoms in total. The van der Waals surface area contributed by atoms with Gasteiger partial charge in [-0.05, 0) is 42.2 Å². The minimum absolute atomic E-state index is 0.0110. The predicted octanol–water partition coefficient (Wildman–Crippen LogP) is 5.74. The summed E-state index contributed by atoms with van der Waals surface area (Å²) in [4.78, 5) is 0. The zero-order valence-electron chi connectivity index (χ0n) is 15.3. The first-order chi connectivity index (χ1) is 12.6. The molecule has 2 aromatic rings. The first-order valence-corrected chi connectivity index (χ1v) is 8.55. The Kier molecular flexibility index (Phi) is 4.68. The van der Waals surface area contributed by atoms with E-state index in [0.717, 1.165) is 24.3 Å². The van der Waals surface area contributed by atoms with Crippen molar-refractivity contribution in [1.29, 1.82) is 0 Å². The average molecular weight is 373 g/mol. The van der Waals surface area contributed by atoms with E-state index in [1.165, 1.54) is 12.1 Å². The number of benzene rings is 2. The molecule has 0 radical (unpaired) electrons. The first-order valence-electron chi connectivity index (χ1n) is 8.55. The van der Waals surface area contributed by atoms with Crippen molar-refractivity contribution in [3.63, 3.8) is 0 Å². The summed E-state index contributed by atoms with van der Waals surface area (Å²) >= 11 is 0. The molecule has 1 aliphatic carbocycles. The highest BCUT2D eigenvalue weighted by Crippen LogP contribution is 2.55. The summed E-state index contributed by atoms with van der Waals surface area (Å²) in [7, 11) is 0. The molecule has 0 spiro atoms. The predicted molar refractivity (Wildman–Crippen MR) is 104 cm³/mol. The quantitative estimate of drug-likeness (QED) is 0.566. The van der Waals surface area contributed by atoms with Crippen molar-refractivity contribution in [2.24, 2.45) is 11.3 Å². The third-order valence-electron chi connectivity index (χ3n) is 4.93. The summed E-state index contributed by atoms with van der Waals surface area (Å²) in [6.45, 7) is 12.1. The Labute approximate surface area is 156 Å². The lowest BCUT2D eigenvalue weighted by atomic mass is 10.1. The zero-order valence-corrected chi connectivity index (χ0v) is 15.3. The molecule has 1 saturated carbocycles. The van der Waals surface area contributed by atoms with Gasteiger partial charge in [-0.25, -0.2) is 13.2 Å². The highest BCUT2D eigenvalue weighted by Gasteiger charge is 2.47. The van der Waals surface area contributed by atoms with Crippen molar-refractivity contribution in [1.82, 2.24) is 0 Å². The van der Waals surface area contributed by atoms with Crippen LogP contribution >= 0.6 is 0 Å². The number of hydrogen-bond donors (Lipinski definition) is 3. The maximum Gasteiger partial charge on any atom is 0.172 e. The van der Waals surface area contributed by atoms with Crippen LogP contribution < -0.4 is 16.4 Å². The second-order valence-corrected chi connectivity index (χ2v) is 7.52. The van der Waals surface area contributed by atoms with Gasteiger partial charge in [0.15, 0.2) is 5.82 Å². The van der Waals surface area contributed by atoms with E-state index in [1.54, 1.807) is 6.07 Å².